The third-order valence-corrected chi connectivity index (χ3v) is 2.54. The number of rotatable bonds is 2. The topological polar surface area (TPSA) is 63.4 Å². The van der Waals surface area contributed by atoms with E-state index in [0.29, 0.717) is 0 Å². The first-order valence-electron chi connectivity index (χ1n) is 4.44. The molecule has 0 radical (unpaired) electrons. The SMILES string of the molecule is C[C@@H]1CC(C)(C)N(CC(N)=O)C1=O. The minimum Gasteiger partial charge on any atom is -0.368 e. The van der Waals surface area contributed by atoms with Gasteiger partial charge in [-0.2, -0.15) is 0 Å². The average molecular weight is 184 g/mol. The first-order chi connectivity index (χ1) is 5.84. The van der Waals surface area contributed by atoms with Crippen LogP contribution in [0.15, 0.2) is 0 Å². The number of carbonyl (C=O) groups is 2. The van der Waals surface area contributed by atoms with Gasteiger partial charge in [-0.05, 0) is 20.3 Å². The molecule has 0 unspecified atom stereocenters. The normalized spacial score (nSPS) is 26.5. The van der Waals surface area contributed by atoms with E-state index in [-0.39, 0.29) is 23.9 Å². The van der Waals surface area contributed by atoms with Crippen LogP contribution in [0, 0.1) is 5.92 Å². The molecular formula is C9H16N2O2. The molecule has 4 nitrogen and oxygen atoms in total. The van der Waals surface area contributed by atoms with Gasteiger partial charge >= 0.3 is 0 Å². The smallest absolute Gasteiger partial charge is 0.237 e. The van der Waals surface area contributed by atoms with E-state index in [1.54, 1.807) is 4.90 Å². The van der Waals surface area contributed by atoms with Crippen LogP contribution in [0.5, 0.6) is 0 Å². The summed E-state index contributed by atoms with van der Waals surface area (Å²) in [6.07, 6.45) is 0.791. The van der Waals surface area contributed by atoms with E-state index in [2.05, 4.69) is 0 Å². The van der Waals surface area contributed by atoms with Gasteiger partial charge in [0.15, 0.2) is 0 Å². The molecule has 0 aromatic heterocycles. The average Bonchev–Trinajstić information content (AvgIpc) is 2.12. The lowest BCUT2D eigenvalue weighted by Crippen LogP contribution is -2.45. The molecule has 1 fully saturated rings. The molecule has 0 bridgehead atoms. The first-order valence-corrected chi connectivity index (χ1v) is 4.44. The Bertz CT molecular complexity index is 248. The van der Waals surface area contributed by atoms with Gasteiger partial charge in [-0.15, -0.1) is 0 Å². The summed E-state index contributed by atoms with van der Waals surface area (Å²) in [4.78, 5) is 23.9. The van der Waals surface area contributed by atoms with Crippen molar-refractivity contribution in [2.45, 2.75) is 32.7 Å². The Morgan fingerprint density at radius 3 is 2.54 bits per heavy atom. The van der Waals surface area contributed by atoms with Gasteiger partial charge in [-0.1, -0.05) is 6.92 Å². The lowest BCUT2D eigenvalue weighted by atomic mass is 9.97. The van der Waals surface area contributed by atoms with Crippen LogP contribution in [-0.4, -0.2) is 28.8 Å². The van der Waals surface area contributed by atoms with Crippen molar-refractivity contribution in [3.05, 3.63) is 0 Å². The number of primary amides is 1. The van der Waals surface area contributed by atoms with Crippen LogP contribution in [0.1, 0.15) is 27.2 Å². The summed E-state index contributed by atoms with van der Waals surface area (Å²) in [5.74, 6) is -0.409. The number of nitrogens with zero attached hydrogens (tertiary/aromatic N) is 1. The van der Waals surface area contributed by atoms with Gasteiger partial charge in [0.25, 0.3) is 0 Å². The number of amides is 2. The summed E-state index contributed by atoms with van der Waals surface area (Å²) in [6.45, 7) is 5.83. The molecule has 74 valence electrons. The van der Waals surface area contributed by atoms with Crippen molar-refractivity contribution in [2.24, 2.45) is 11.7 Å². The van der Waals surface area contributed by atoms with Crippen molar-refractivity contribution in [2.75, 3.05) is 6.54 Å². The largest absolute Gasteiger partial charge is 0.368 e. The molecule has 0 aromatic rings. The summed E-state index contributed by atoms with van der Waals surface area (Å²) in [7, 11) is 0. The molecule has 2 amide bonds. The molecular weight excluding hydrogens is 168 g/mol. The molecule has 2 N–H and O–H groups in total. The van der Waals surface area contributed by atoms with Crippen LogP contribution in [0.4, 0.5) is 0 Å². The molecule has 0 spiro atoms. The van der Waals surface area contributed by atoms with Crippen molar-refractivity contribution in [3.63, 3.8) is 0 Å². The van der Waals surface area contributed by atoms with E-state index in [9.17, 15) is 9.59 Å². The summed E-state index contributed by atoms with van der Waals surface area (Å²) >= 11 is 0. The quantitative estimate of drug-likeness (QED) is 0.662. The van der Waals surface area contributed by atoms with Gasteiger partial charge in [0.05, 0.1) is 6.54 Å². The molecule has 1 rings (SSSR count). The van der Waals surface area contributed by atoms with Crippen LogP contribution in [0.25, 0.3) is 0 Å². The molecule has 13 heavy (non-hydrogen) atoms. The van der Waals surface area contributed by atoms with Crippen LogP contribution < -0.4 is 5.73 Å². The van der Waals surface area contributed by atoms with Gasteiger partial charge in [0, 0.05) is 11.5 Å². The van der Waals surface area contributed by atoms with Gasteiger partial charge in [-0.25, -0.2) is 0 Å². The maximum Gasteiger partial charge on any atom is 0.237 e. The standard InChI is InChI=1S/C9H16N2O2/c1-6-4-9(2,3)11(8(6)13)5-7(10)12/h6H,4-5H2,1-3H3,(H2,10,12)/t6-/m1/s1. The second-order valence-corrected chi connectivity index (χ2v) is 4.31. The highest BCUT2D eigenvalue weighted by Gasteiger charge is 2.42. The van der Waals surface area contributed by atoms with Crippen LogP contribution in [0.3, 0.4) is 0 Å². The number of hydrogen-bond acceptors (Lipinski definition) is 2. The minimum absolute atomic E-state index is 0.00866. The fraction of sp³-hybridized carbons (Fsp3) is 0.778. The molecule has 4 heteroatoms. The molecule has 0 aromatic carbocycles. The number of nitrogens with two attached hydrogens (primary N) is 1. The van der Waals surface area contributed by atoms with Crippen molar-refractivity contribution >= 4 is 11.8 Å². The number of carbonyl (C=O) groups excluding carboxylic acids is 2. The Balaban J connectivity index is 2.81. The molecule has 1 saturated heterocycles. The summed E-state index contributed by atoms with van der Waals surface area (Å²) in [5, 5.41) is 0. The maximum absolute atomic E-state index is 11.6. The molecule has 0 saturated carbocycles. The van der Waals surface area contributed by atoms with E-state index in [1.807, 2.05) is 20.8 Å². The van der Waals surface area contributed by atoms with Crippen LogP contribution in [-0.2, 0) is 9.59 Å². The molecule has 1 aliphatic rings. The van der Waals surface area contributed by atoms with Crippen molar-refractivity contribution in [1.82, 2.24) is 4.90 Å². The fourth-order valence-corrected chi connectivity index (χ4v) is 1.96. The van der Waals surface area contributed by atoms with E-state index in [1.165, 1.54) is 0 Å². The zero-order chi connectivity index (χ0) is 10.2. The van der Waals surface area contributed by atoms with E-state index >= 15 is 0 Å². The van der Waals surface area contributed by atoms with Gasteiger partial charge < -0.3 is 10.6 Å². The van der Waals surface area contributed by atoms with Crippen molar-refractivity contribution in [3.8, 4) is 0 Å². The molecule has 1 heterocycles. The third kappa shape index (κ3) is 1.82. The highest BCUT2D eigenvalue weighted by Crippen LogP contribution is 2.32. The van der Waals surface area contributed by atoms with Crippen LogP contribution >= 0.6 is 0 Å². The van der Waals surface area contributed by atoms with Crippen LogP contribution in [0.2, 0.25) is 0 Å². The second kappa shape index (κ2) is 3.01. The summed E-state index contributed by atoms with van der Waals surface area (Å²) in [5.41, 5.74) is 4.84. The first kappa shape index (κ1) is 10.0. The number of hydrogen-bond donors (Lipinski definition) is 1. The van der Waals surface area contributed by atoms with Gasteiger partial charge in [0.1, 0.15) is 0 Å². The Labute approximate surface area is 78.1 Å². The molecule has 1 atom stereocenters. The monoisotopic (exact) mass is 184 g/mol. The van der Waals surface area contributed by atoms with Gasteiger partial charge in [-0.3, -0.25) is 9.59 Å². The zero-order valence-electron chi connectivity index (χ0n) is 8.33. The third-order valence-electron chi connectivity index (χ3n) is 2.54. The Morgan fingerprint density at radius 2 is 2.23 bits per heavy atom. The minimum atomic E-state index is -0.449. The predicted octanol–water partition coefficient (Wildman–Crippen LogP) is 0.119. The lowest BCUT2D eigenvalue weighted by Gasteiger charge is -2.30. The maximum atomic E-state index is 11.6. The second-order valence-electron chi connectivity index (χ2n) is 4.31. The fourth-order valence-electron chi connectivity index (χ4n) is 1.96. The van der Waals surface area contributed by atoms with Crippen molar-refractivity contribution < 1.29 is 9.59 Å². The molecule has 0 aliphatic carbocycles. The van der Waals surface area contributed by atoms with Gasteiger partial charge in [0.2, 0.25) is 11.8 Å². The Hall–Kier alpha value is -1.06. The highest BCUT2D eigenvalue weighted by molar-refractivity contribution is 5.87. The summed E-state index contributed by atoms with van der Waals surface area (Å²) in [6, 6.07) is 0. The Morgan fingerprint density at radius 1 is 1.69 bits per heavy atom. The Kier molecular flexibility index (Phi) is 2.32. The lowest BCUT2D eigenvalue weighted by molar-refractivity contribution is -0.136. The van der Waals surface area contributed by atoms with E-state index in [0.717, 1.165) is 6.42 Å². The van der Waals surface area contributed by atoms with E-state index < -0.39 is 5.91 Å². The predicted molar refractivity (Wildman–Crippen MR) is 48.8 cm³/mol. The van der Waals surface area contributed by atoms with E-state index in [4.69, 9.17) is 5.73 Å². The summed E-state index contributed by atoms with van der Waals surface area (Å²) < 4.78 is 0. The highest BCUT2D eigenvalue weighted by atomic mass is 16.2. The zero-order valence-corrected chi connectivity index (χ0v) is 8.33. The number of likely N-dealkylation sites (tertiary alicyclic amines) is 1. The van der Waals surface area contributed by atoms with Crippen molar-refractivity contribution in [1.29, 1.82) is 0 Å². The molecule has 1 aliphatic heterocycles.